The van der Waals surface area contributed by atoms with Crippen molar-refractivity contribution in [2.75, 3.05) is 0 Å². The van der Waals surface area contributed by atoms with Crippen LogP contribution in [0.25, 0.3) is 0 Å². The monoisotopic (exact) mass is 305 g/mol. The third-order valence-electron chi connectivity index (χ3n) is 2.30. The molecule has 0 aromatic carbocycles. The number of hydrogen-bond donors (Lipinski definition) is 4. The summed E-state index contributed by atoms with van der Waals surface area (Å²) in [6, 6.07) is 0. The molecule has 8 heteroatoms. The van der Waals surface area contributed by atoms with Crippen molar-refractivity contribution < 1.29 is 52.9 Å². The van der Waals surface area contributed by atoms with E-state index in [9.17, 15) is 9.59 Å². The number of aliphatic carboxylic acids is 2. The molecule has 0 aliphatic rings. The maximum atomic E-state index is 10.0. The Labute approximate surface area is 117 Å². The van der Waals surface area contributed by atoms with Crippen molar-refractivity contribution >= 4 is 11.9 Å². The van der Waals surface area contributed by atoms with Gasteiger partial charge >= 0.3 is 11.9 Å². The zero-order valence-electron chi connectivity index (χ0n) is 10.9. The van der Waals surface area contributed by atoms with E-state index in [0.717, 1.165) is 0 Å². The summed E-state index contributed by atoms with van der Waals surface area (Å²) in [4.78, 5) is 20.0. The third-order valence-corrected chi connectivity index (χ3v) is 2.30. The fraction of sp³-hybridized carbons (Fsp3) is 0.800. The summed E-state index contributed by atoms with van der Waals surface area (Å²) in [5.41, 5.74) is -3.08. The molecule has 0 radical (unpaired) electrons. The van der Waals surface area contributed by atoms with Crippen LogP contribution >= 0.6 is 0 Å². The maximum Gasteiger partial charge on any atom is 0.335 e. The Morgan fingerprint density at radius 2 is 1.06 bits per heavy atom. The molecule has 5 N–H and O–H groups in total. The number of carboxylic acids is 2. The van der Waals surface area contributed by atoms with Crippen LogP contribution in [0, 0.1) is 0 Å². The van der Waals surface area contributed by atoms with Crippen LogP contribution in [-0.2, 0) is 27.0 Å². The second kappa shape index (κ2) is 10.3. The molecule has 0 spiro atoms. The van der Waals surface area contributed by atoms with E-state index in [1.807, 2.05) is 0 Å². The summed E-state index contributed by atoms with van der Waals surface area (Å²) < 4.78 is 0. The molecule has 7 nitrogen and oxygen atoms in total. The standard InChI is InChI=1S/2C5H10O3.Cr.H2O/c2*1-3-5(2,8)4(6)7;;/h2*8H,3H2,1-2H3,(H,6,7);;1H2/p-1. The van der Waals surface area contributed by atoms with Gasteiger partial charge in [0.1, 0.15) is 0 Å². The average Bonchev–Trinajstić information content (AvgIpc) is 2.18. The second-order valence-electron chi connectivity index (χ2n) is 3.87. The molecule has 0 rings (SSSR count). The maximum absolute atomic E-state index is 10.0. The number of carbonyl (C=O) groups is 2. The minimum absolute atomic E-state index is 0. The molecule has 0 bridgehead atoms. The fourth-order valence-electron chi connectivity index (χ4n) is 0.302. The summed E-state index contributed by atoms with van der Waals surface area (Å²) in [6.07, 6.45) is 0.477. The van der Waals surface area contributed by atoms with Crippen molar-refractivity contribution in [1.29, 1.82) is 0 Å². The van der Waals surface area contributed by atoms with Crippen molar-refractivity contribution in [2.45, 2.75) is 51.7 Å². The van der Waals surface area contributed by atoms with Crippen LogP contribution in [-0.4, -0.2) is 49.0 Å². The molecule has 0 saturated carbocycles. The van der Waals surface area contributed by atoms with Gasteiger partial charge in [-0.3, -0.25) is 0 Å². The summed E-state index contributed by atoms with van der Waals surface area (Å²) in [6.45, 7) is 5.78. The number of hydrogen-bond acceptors (Lipinski definition) is 5. The first-order valence-electron chi connectivity index (χ1n) is 4.92. The molecule has 0 saturated heterocycles. The Morgan fingerprint density at radius 1 is 0.889 bits per heavy atom. The van der Waals surface area contributed by atoms with Crippen LogP contribution in [0.2, 0.25) is 0 Å². The predicted molar refractivity (Wildman–Crippen MR) is 59.0 cm³/mol. The minimum atomic E-state index is -1.54. The first-order chi connectivity index (χ1) is 7.01. The Balaban J connectivity index is -0.0000000980. The van der Waals surface area contributed by atoms with E-state index in [1.54, 1.807) is 13.8 Å². The first kappa shape index (κ1) is 26.0. The molecule has 0 aromatic heterocycles. The van der Waals surface area contributed by atoms with E-state index >= 15 is 0 Å². The number of aliphatic hydroxyl groups is 2. The second-order valence-corrected chi connectivity index (χ2v) is 3.87. The van der Waals surface area contributed by atoms with Crippen LogP contribution in [0.1, 0.15) is 40.5 Å². The smallest absolute Gasteiger partial charge is 0.335 e. The third kappa shape index (κ3) is 10.5. The van der Waals surface area contributed by atoms with Gasteiger partial charge in [0.25, 0.3) is 0 Å². The van der Waals surface area contributed by atoms with E-state index in [0.29, 0.717) is 0 Å². The van der Waals surface area contributed by atoms with Gasteiger partial charge in [0.2, 0.25) is 0 Å². The first-order valence-corrected chi connectivity index (χ1v) is 4.92. The molecule has 0 fully saturated rings. The van der Waals surface area contributed by atoms with Gasteiger partial charge in [-0.25, -0.2) is 9.59 Å². The van der Waals surface area contributed by atoms with Crippen molar-refractivity contribution in [3.05, 3.63) is 0 Å². The van der Waals surface area contributed by atoms with Gasteiger partial charge in [0, 0.05) is 17.4 Å². The van der Waals surface area contributed by atoms with Crippen LogP contribution < -0.4 is 0 Å². The molecule has 2 atom stereocenters. The van der Waals surface area contributed by atoms with Gasteiger partial charge in [-0.2, -0.15) is 0 Å². The zero-order valence-corrected chi connectivity index (χ0v) is 12.2. The minimum Gasteiger partial charge on any atom is -0.870 e. The molecular weight excluding hydrogens is 284 g/mol. The molecule has 110 valence electrons. The largest absolute Gasteiger partial charge is 0.870 e. The summed E-state index contributed by atoms with van der Waals surface area (Å²) >= 11 is 0. The van der Waals surface area contributed by atoms with Crippen molar-refractivity contribution in [1.82, 2.24) is 0 Å². The van der Waals surface area contributed by atoms with Gasteiger partial charge in [-0.05, 0) is 26.7 Å². The van der Waals surface area contributed by atoms with Crippen LogP contribution in [0.3, 0.4) is 0 Å². The molecule has 0 aliphatic heterocycles. The van der Waals surface area contributed by atoms with Crippen molar-refractivity contribution in [3.8, 4) is 0 Å². The van der Waals surface area contributed by atoms with Gasteiger partial charge < -0.3 is 25.9 Å². The van der Waals surface area contributed by atoms with E-state index in [4.69, 9.17) is 20.4 Å². The SMILES string of the molecule is CCC(C)(O)C(=O)O.CCC(C)(O)C(=O)O.[Cr].[OH-]. The van der Waals surface area contributed by atoms with Gasteiger partial charge in [-0.1, -0.05) is 13.8 Å². The Kier molecular flexibility index (Phi) is 14.9. The van der Waals surface area contributed by atoms with E-state index < -0.39 is 23.1 Å². The average molecular weight is 305 g/mol. The normalized spacial score (nSPS) is 15.4. The molecular formula is C10H21CrO7-. The van der Waals surface area contributed by atoms with Crippen LogP contribution in [0.15, 0.2) is 0 Å². The Hall–Kier alpha value is -0.648. The zero-order chi connectivity index (χ0) is 13.6. The van der Waals surface area contributed by atoms with Gasteiger partial charge in [0.15, 0.2) is 11.2 Å². The Bertz CT molecular complexity index is 225. The topological polar surface area (TPSA) is 145 Å². The van der Waals surface area contributed by atoms with E-state index in [2.05, 4.69) is 0 Å². The molecule has 0 aliphatic carbocycles. The van der Waals surface area contributed by atoms with E-state index in [-0.39, 0.29) is 35.7 Å². The summed E-state index contributed by atoms with van der Waals surface area (Å²) in [5.74, 6) is -2.33. The molecule has 0 aromatic rings. The Morgan fingerprint density at radius 3 is 1.06 bits per heavy atom. The summed E-state index contributed by atoms with van der Waals surface area (Å²) in [7, 11) is 0. The number of carboxylic acid groups (broad SMARTS) is 2. The summed E-state index contributed by atoms with van der Waals surface area (Å²) in [5, 5.41) is 34.0. The molecule has 0 amide bonds. The molecule has 18 heavy (non-hydrogen) atoms. The number of rotatable bonds is 4. The van der Waals surface area contributed by atoms with Crippen molar-refractivity contribution in [2.24, 2.45) is 0 Å². The predicted octanol–water partition coefficient (Wildman–Crippen LogP) is 0.285. The van der Waals surface area contributed by atoms with Gasteiger partial charge in [-0.15, -0.1) is 0 Å². The fourth-order valence-corrected chi connectivity index (χ4v) is 0.302. The van der Waals surface area contributed by atoms with E-state index in [1.165, 1.54) is 13.8 Å². The van der Waals surface area contributed by atoms with Gasteiger partial charge in [0.05, 0.1) is 0 Å². The quantitative estimate of drug-likeness (QED) is 0.583. The molecule has 2 unspecified atom stereocenters. The van der Waals surface area contributed by atoms with Crippen LogP contribution in [0.5, 0.6) is 0 Å². The van der Waals surface area contributed by atoms with Crippen LogP contribution in [0.4, 0.5) is 0 Å². The molecule has 0 heterocycles. The van der Waals surface area contributed by atoms with Crippen molar-refractivity contribution in [3.63, 3.8) is 0 Å².